The number of hydrogen-bond acceptors (Lipinski definition) is 4. The van der Waals surface area contributed by atoms with Crippen molar-refractivity contribution in [1.82, 2.24) is 15.0 Å². The molecule has 0 radical (unpaired) electrons. The van der Waals surface area contributed by atoms with E-state index in [4.69, 9.17) is 0 Å². The van der Waals surface area contributed by atoms with Crippen molar-refractivity contribution in [3.63, 3.8) is 0 Å². The number of aromatic nitrogens is 3. The Bertz CT molecular complexity index is 810. The van der Waals surface area contributed by atoms with E-state index < -0.39 is 5.66 Å². The predicted octanol–water partition coefficient (Wildman–Crippen LogP) is 3.35. The molecule has 2 aromatic heterocycles. The summed E-state index contributed by atoms with van der Waals surface area (Å²) in [6.45, 7) is 4.09. The van der Waals surface area contributed by atoms with Crippen LogP contribution in [0.2, 0.25) is 0 Å². The number of fused-ring (bicyclic) bond motifs is 1. The second-order valence-corrected chi connectivity index (χ2v) is 6.09. The lowest BCUT2D eigenvalue weighted by Crippen LogP contribution is -2.41. The molecule has 4 rings (SSSR count). The van der Waals surface area contributed by atoms with Crippen molar-refractivity contribution in [2.75, 3.05) is 10.6 Å². The van der Waals surface area contributed by atoms with Gasteiger partial charge in [0, 0.05) is 12.4 Å². The maximum atomic E-state index is 4.57. The number of aryl methyl sites for hydroxylation is 2. The summed E-state index contributed by atoms with van der Waals surface area (Å²) in [5.41, 5.74) is 3.96. The van der Waals surface area contributed by atoms with Crippen LogP contribution in [0.25, 0.3) is 0 Å². The van der Waals surface area contributed by atoms with Crippen LogP contribution in [0.5, 0.6) is 0 Å². The Kier molecular flexibility index (Phi) is 3.08. The minimum absolute atomic E-state index is 0.450. The van der Waals surface area contributed by atoms with Crippen molar-refractivity contribution in [3.8, 4) is 0 Å². The van der Waals surface area contributed by atoms with Gasteiger partial charge in [0.05, 0.1) is 17.8 Å². The summed E-state index contributed by atoms with van der Waals surface area (Å²) in [6, 6.07) is 12.5. The number of H-pyrrole nitrogens is 1. The third-order valence-electron chi connectivity index (χ3n) is 4.22. The van der Waals surface area contributed by atoms with E-state index in [0.29, 0.717) is 6.42 Å². The first-order chi connectivity index (χ1) is 11.1. The fourth-order valence-electron chi connectivity index (χ4n) is 3.05. The Hall–Kier alpha value is -2.82. The summed E-state index contributed by atoms with van der Waals surface area (Å²) in [4.78, 5) is 12.3. The number of nitrogens with zero attached hydrogens (tertiary/aromatic N) is 2. The first-order valence-corrected chi connectivity index (χ1v) is 7.74. The number of anilines is 2. The van der Waals surface area contributed by atoms with E-state index in [1.165, 1.54) is 5.56 Å². The zero-order valence-electron chi connectivity index (χ0n) is 13.2. The lowest BCUT2D eigenvalue weighted by Gasteiger charge is -2.30. The van der Waals surface area contributed by atoms with Crippen LogP contribution >= 0.6 is 0 Å². The predicted molar refractivity (Wildman–Crippen MR) is 91.4 cm³/mol. The molecule has 0 saturated heterocycles. The van der Waals surface area contributed by atoms with Gasteiger partial charge in [-0.05, 0) is 31.5 Å². The maximum absolute atomic E-state index is 4.57. The highest BCUT2D eigenvalue weighted by Crippen LogP contribution is 2.39. The molecule has 23 heavy (non-hydrogen) atoms. The van der Waals surface area contributed by atoms with Gasteiger partial charge in [0.1, 0.15) is 11.5 Å². The number of pyridine rings is 1. The molecule has 5 heteroatoms. The molecule has 116 valence electrons. The SMILES string of the molecule is Cc1ccc(C2(Cc3nc(C)c[nH]3)Nc3cccnc3N2)cc1. The molecule has 5 nitrogen and oxygen atoms in total. The molecule has 3 N–H and O–H groups in total. The molecule has 1 aliphatic heterocycles. The second kappa shape index (κ2) is 5.12. The average Bonchev–Trinajstić information content (AvgIpc) is 3.11. The minimum Gasteiger partial charge on any atom is -0.356 e. The normalized spacial score (nSPS) is 19.0. The molecular formula is C18H19N5. The number of benzene rings is 1. The molecule has 0 fully saturated rings. The van der Waals surface area contributed by atoms with Crippen molar-refractivity contribution < 1.29 is 0 Å². The summed E-state index contributed by atoms with van der Waals surface area (Å²) in [5.74, 6) is 1.81. The molecule has 3 aromatic rings. The number of nitrogens with one attached hydrogen (secondary N) is 3. The van der Waals surface area contributed by atoms with E-state index in [9.17, 15) is 0 Å². The molecule has 0 saturated carbocycles. The van der Waals surface area contributed by atoms with E-state index in [1.807, 2.05) is 25.3 Å². The number of imidazole rings is 1. The monoisotopic (exact) mass is 305 g/mol. The summed E-state index contributed by atoms with van der Waals surface area (Å²) in [5, 5.41) is 7.17. The molecule has 1 unspecified atom stereocenters. The van der Waals surface area contributed by atoms with Crippen LogP contribution < -0.4 is 10.6 Å². The highest BCUT2D eigenvalue weighted by atomic mass is 15.3. The third kappa shape index (κ3) is 2.44. The Morgan fingerprint density at radius 2 is 1.87 bits per heavy atom. The van der Waals surface area contributed by atoms with Crippen LogP contribution in [-0.4, -0.2) is 15.0 Å². The fourth-order valence-corrected chi connectivity index (χ4v) is 3.05. The van der Waals surface area contributed by atoms with Gasteiger partial charge in [0.25, 0.3) is 0 Å². The van der Waals surface area contributed by atoms with Crippen LogP contribution in [0.4, 0.5) is 11.5 Å². The van der Waals surface area contributed by atoms with E-state index >= 15 is 0 Å². The quantitative estimate of drug-likeness (QED) is 0.694. The molecule has 0 spiro atoms. The van der Waals surface area contributed by atoms with Crippen molar-refractivity contribution >= 4 is 11.5 Å². The summed E-state index contributed by atoms with van der Waals surface area (Å²) in [7, 11) is 0. The molecule has 0 aliphatic carbocycles. The molecule has 0 amide bonds. The van der Waals surface area contributed by atoms with Gasteiger partial charge in [-0.15, -0.1) is 0 Å². The average molecular weight is 305 g/mol. The Morgan fingerprint density at radius 1 is 1.04 bits per heavy atom. The summed E-state index contributed by atoms with van der Waals surface area (Å²) < 4.78 is 0. The lowest BCUT2D eigenvalue weighted by atomic mass is 9.95. The van der Waals surface area contributed by atoms with E-state index in [2.05, 4.69) is 56.8 Å². The van der Waals surface area contributed by atoms with Gasteiger partial charge >= 0.3 is 0 Å². The van der Waals surface area contributed by atoms with Crippen molar-refractivity contribution in [2.24, 2.45) is 0 Å². The van der Waals surface area contributed by atoms with Gasteiger partial charge in [-0.25, -0.2) is 9.97 Å². The van der Waals surface area contributed by atoms with E-state index in [-0.39, 0.29) is 0 Å². The van der Waals surface area contributed by atoms with Gasteiger partial charge in [-0.2, -0.15) is 0 Å². The molecule has 1 atom stereocenters. The highest BCUT2D eigenvalue weighted by molar-refractivity contribution is 5.73. The topological polar surface area (TPSA) is 65.6 Å². The van der Waals surface area contributed by atoms with Crippen LogP contribution in [0.1, 0.15) is 22.6 Å². The molecule has 1 aromatic carbocycles. The number of rotatable bonds is 3. The highest BCUT2D eigenvalue weighted by Gasteiger charge is 2.39. The molecule has 3 heterocycles. The Labute approximate surface area is 135 Å². The van der Waals surface area contributed by atoms with Gasteiger partial charge < -0.3 is 15.6 Å². The number of hydrogen-bond donors (Lipinski definition) is 3. The third-order valence-corrected chi connectivity index (χ3v) is 4.22. The van der Waals surface area contributed by atoms with Crippen LogP contribution in [0.3, 0.4) is 0 Å². The fraction of sp³-hybridized carbons (Fsp3) is 0.222. The molecule has 0 bridgehead atoms. The van der Waals surface area contributed by atoms with Crippen molar-refractivity contribution in [2.45, 2.75) is 25.9 Å². The first kappa shape index (κ1) is 13.8. The minimum atomic E-state index is -0.450. The maximum Gasteiger partial charge on any atom is 0.151 e. The Balaban J connectivity index is 1.77. The van der Waals surface area contributed by atoms with Gasteiger partial charge in [0.2, 0.25) is 0 Å². The molecule has 1 aliphatic rings. The lowest BCUT2D eigenvalue weighted by molar-refractivity contribution is 0.557. The summed E-state index contributed by atoms with van der Waals surface area (Å²) in [6.07, 6.45) is 4.43. The largest absolute Gasteiger partial charge is 0.356 e. The van der Waals surface area contributed by atoms with Crippen LogP contribution in [0, 0.1) is 13.8 Å². The zero-order valence-corrected chi connectivity index (χ0v) is 13.2. The van der Waals surface area contributed by atoms with Crippen LogP contribution in [0.15, 0.2) is 48.8 Å². The van der Waals surface area contributed by atoms with Gasteiger partial charge in [-0.3, -0.25) is 0 Å². The van der Waals surface area contributed by atoms with Gasteiger partial charge in [0.15, 0.2) is 5.82 Å². The smallest absolute Gasteiger partial charge is 0.151 e. The Morgan fingerprint density at radius 3 is 2.57 bits per heavy atom. The van der Waals surface area contributed by atoms with E-state index in [0.717, 1.165) is 28.6 Å². The molecular weight excluding hydrogens is 286 g/mol. The van der Waals surface area contributed by atoms with E-state index in [1.54, 1.807) is 6.20 Å². The van der Waals surface area contributed by atoms with Crippen molar-refractivity contribution in [1.29, 1.82) is 0 Å². The van der Waals surface area contributed by atoms with Crippen molar-refractivity contribution in [3.05, 3.63) is 71.4 Å². The number of aromatic amines is 1. The van der Waals surface area contributed by atoms with Crippen LogP contribution in [-0.2, 0) is 12.1 Å². The zero-order chi connectivity index (χ0) is 15.9. The standard InChI is InChI=1S/C18H19N5/c1-12-5-7-14(8-6-12)18(10-16-20-11-13(2)21-16)22-15-4-3-9-19-17(15)23-18/h3-9,11,22H,10H2,1-2H3,(H,19,23)(H,20,21). The second-order valence-electron chi connectivity index (χ2n) is 6.09. The summed E-state index contributed by atoms with van der Waals surface area (Å²) >= 11 is 0. The first-order valence-electron chi connectivity index (χ1n) is 7.74. The van der Waals surface area contributed by atoms with Gasteiger partial charge in [-0.1, -0.05) is 29.8 Å².